The topological polar surface area (TPSA) is 9.23 Å². The molecule has 0 atom stereocenters. The van der Waals surface area contributed by atoms with E-state index in [2.05, 4.69) is 0 Å². The van der Waals surface area contributed by atoms with Gasteiger partial charge in [-0.3, -0.25) is 0 Å². The van der Waals surface area contributed by atoms with Gasteiger partial charge < -0.3 is 4.74 Å². The summed E-state index contributed by atoms with van der Waals surface area (Å²) in [5.41, 5.74) is 0. The summed E-state index contributed by atoms with van der Waals surface area (Å²) in [4.78, 5) is 0. The van der Waals surface area contributed by atoms with Crippen LogP contribution in [0.15, 0.2) is 24.3 Å². The maximum atomic E-state index is 5.00. The summed E-state index contributed by atoms with van der Waals surface area (Å²) >= 11 is 4.82. The molecule has 0 radical (unpaired) electrons. The van der Waals surface area contributed by atoms with Gasteiger partial charge in [0.2, 0.25) is 0 Å². The van der Waals surface area contributed by atoms with Crippen molar-refractivity contribution in [3.63, 3.8) is 0 Å². The summed E-state index contributed by atoms with van der Waals surface area (Å²) < 4.78 is 5.00. The molecule has 0 bridgehead atoms. The quantitative estimate of drug-likeness (QED) is 0.353. The predicted molar refractivity (Wildman–Crippen MR) is 48.2 cm³/mol. The third kappa shape index (κ3) is 5.51. The maximum Gasteiger partial charge on any atom is 0.183 e. The largest absolute Gasteiger partial charge is 0.484 e. The SMILES string of the molecule is C/C=C/C=C/C(=S)OCC. The Morgan fingerprint density at radius 1 is 1.50 bits per heavy atom. The molecule has 0 unspecified atom stereocenters. The number of hydrogen-bond acceptors (Lipinski definition) is 2. The molecule has 0 aliphatic carbocycles. The molecule has 0 spiro atoms. The van der Waals surface area contributed by atoms with E-state index in [1.54, 1.807) is 6.08 Å². The van der Waals surface area contributed by atoms with Gasteiger partial charge in [-0.25, -0.2) is 0 Å². The Bertz CT molecular complexity index is 147. The molecule has 0 saturated carbocycles. The summed E-state index contributed by atoms with van der Waals surface area (Å²) in [7, 11) is 0. The average Bonchev–Trinajstić information content (AvgIpc) is 1.89. The Labute approximate surface area is 67.4 Å². The highest BCUT2D eigenvalue weighted by Crippen LogP contribution is 1.85. The fourth-order valence-electron chi connectivity index (χ4n) is 0.436. The van der Waals surface area contributed by atoms with Crippen molar-refractivity contribution in [3.05, 3.63) is 24.3 Å². The van der Waals surface area contributed by atoms with Crippen LogP contribution in [0.2, 0.25) is 0 Å². The Kier molecular flexibility index (Phi) is 6.08. The van der Waals surface area contributed by atoms with Crippen molar-refractivity contribution in [2.75, 3.05) is 6.61 Å². The zero-order valence-corrected chi connectivity index (χ0v) is 7.15. The zero-order valence-electron chi connectivity index (χ0n) is 6.33. The van der Waals surface area contributed by atoms with Crippen LogP contribution in [-0.4, -0.2) is 11.7 Å². The van der Waals surface area contributed by atoms with Gasteiger partial charge in [0.1, 0.15) is 0 Å². The van der Waals surface area contributed by atoms with Crippen molar-refractivity contribution < 1.29 is 4.74 Å². The summed E-state index contributed by atoms with van der Waals surface area (Å²) in [6, 6.07) is 0. The minimum atomic E-state index is 0.542. The molecule has 0 aromatic rings. The molecule has 0 aromatic carbocycles. The highest BCUT2D eigenvalue weighted by Gasteiger charge is 1.83. The molecule has 0 aliphatic rings. The van der Waals surface area contributed by atoms with Crippen LogP contribution in [0.1, 0.15) is 13.8 Å². The molecule has 10 heavy (non-hydrogen) atoms. The lowest BCUT2D eigenvalue weighted by Crippen LogP contribution is -1.95. The lowest BCUT2D eigenvalue weighted by molar-refractivity contribution is 0.339. The Morgan fingerprint density at radius 3 is 2.70 bits per heavy atom. The molecule has 0 heterocycles. The lowest BCUT2D eigenvalue weighted by Gasteiger charge is -1.95. The van der Waals surface area contributed by atoms with Gasteiger partial charge in [-0.05, 0) is 32.1 Å². The van der Waals surface area contributed by atoms with Crippen molar-refractivity contribution in [1.82, 2.24) is 0 Å². The second kappa shape index (κ2) is 6.49. The van der Waals surface area contributed by atoms with Gasteiger partial charge in [0.25, 0.3) is 0 Å². The molecular formula is C8H12OS. The predicted octanol–water partition coefficient (Wildman–Crippen LogP) is 2.48. The van der Waals surface area contributed by atoms with Gasteiger partial charge in [0, 0.05) is 0 Å². The molecular weight excluding hydrogens is 144 g/mol. The van der Waals surface area contributed by atoms with Gasteiger partial charge in [0.15, 0.2) is 5.05 Å². The molecule has 0 N–H and O–H groups in total. The second-order valence-electron chi connectivity index (χ2n) is 1.64. The van der Waals surface area contributed by atoms with Gasteiger partial charge in [0.05, 0.1) is 6.61 Å². The number of hydrogen-bond donors (Lipinski definition) is 0. The van der Waals surface area contributed by atoms with Gasteiger partial charge in [-0.15, -0.1) is 0 Å². The summed E-state index contributed by atoms with van der Waals surface area (Å²) in [5, 5.41) is 0.542. The van der Waals surface area contributed by atoms with Crippen LogP contribution < -0.4 is 0 Å². The zero-order chi connectivity index (χ0) is 7.82. The van der Waals surface area contributed by atoms with Crippen molar-refractivity contribution in [2.45, 2.75) is 13.8 Å². The second-order valence-corrected chi connectivity index (χ2v) is 2.04. The van der Waals surface area contributed by atoms with Crippen LogP contribution >= 0.6 is 12.2 Å². The van der Waals surface area contributed by atoms with E-state index >= 15 is 0 Å². The van der Waals surface area contributed by atoms with Crippen LogP contribution in [0.5, 0.6) is 0 Å². The molecule has 56 valence electrons. The molecule has 0 amide bonds. The molecule has 0 aliphatic heterocycles. The van der Waals surface area contributed by atoms with Crippen molar-refractivity contribution in [1.29, 1.82) is 0 Å². The number of allylic oxidation sites excluding steroid dienone is 3. The summed E-state index contributed by atoms with van der Waals surface area (Å²) in [6.45, 7) is 4.50. The van der Waals surface area contributed by atoms with Crippen molar-refractivity contribution in [3.8, 4) is 0 Å². The normalized spacial score (nSPS) is 11.0. The average molecular weight is 156 g/mol. The van der Waals surface area contributed by atoms with Crippen LogP contribution in [0, 0.1) is 0 Å². The highest BCUT2D eigenvalue weighted by atomic mass is 32.1. The molecule has 0 aromatic heterocycles. The van der Waals surface area contributed by atoms with Crippen LogP contribution in [0.4, 0.5) is 0 Å². The number of thiocarbonyl (C=S) groups is 1. The number of ether oxygens (including phenoxy) is 1. The monoisotopic (exact) mass is 156 g/mol. The first-order chi connectivity index (χ1) is 4.81. The van der Waals surface area contributed by atoms with Crippen LogP contribution in [0.3, 0.4) is 0 Å². The summed E-state index contributed by atoms with van der Waals surface area (Å²) in [6.07, 6.45) is 7.47. The van der Waals surface area contributed by atoms with Crippen LogP contribution in [0.25, 0.3) is 0 Å². The van der Waals surface area contributed by atoms with Gasteiger partial charge in [-0.1, -0.05) is 18.2 Å². The van der Waals surface area contributed by atoms with E-state index in [-0.39, 0.29) is 0 Å². The lowest BCUT2D eigenvalue weighted by atomic mass is 10.4. The summed E-state index contributed by atoms with van der Waals surface area (Å²) in [5.74, 6) is 0. The minimum Gasteiger partial charge on any atom is -0.484 e. The molecule has 0 rings (SSSR count). The van der Waals surface area contributed by atoms with E-state index < -0.39 is 0 Å². The van der Waals surface area contributed by atoms with Gasteiger partial charge >= 0.3 is 0 Å². The smallest absolute Gasteiger partial charge is 0.183 e. The third-order valence-electron chi connectivity index (χ3n) is 0.822. The van der Waals surface area contributed by atoms with E-state index in [4.69, 9.17) is 17.0 Å². The minimum absolute atomic E-state index is 0.542. The van der Waals surface area contributed by atoms with E-state index in [9.17, 15) is 0 Å². The highest BCUT2D eigenvalue weighted by molar-refractivity contribution is 7.80. The first-order valence-corrected chi connectivity index (χ1v) is 3.68. The van der Waals surface area contributed by atoms with E-state index in [0.29, 0.717) is 11.7 Å². The fourth-order valence-corrected chi connectivity index (χ4v) is 0.632. The third-order valence-corrected chi connectivity index (χ3v) is 1.08. The van der Waals surface area contributed by atoms with Crippen LogP contribution in [-0.2, 0) is 4.74 Å². The fraction of sp³-hybridized carbons (Fsp3) is 0.375. The first kappa shape index (κ1) is 9.37. The van der Waals surface area contributed by atoms with E-state index in [1.165, 1.54) is 0 Å². The first-order valence-electron chi connectivity index (χ1n) is 3.27. The van der Waals surface area contributed by atoms with Crippen molar-refractivity contribution >= 4 is 17.3 Å². The Balaban J connectivity index is 3.56. The standard InChI is InChI=1S/C8H12OS/c1-3-5-6-7-8(10)9-4-2/h3,5-7H,4H2,1-2H3/b5-3+,7-6+. The maximum absolute atomic E-state index is 5.00. The van der Waals surface area contributed by atoms with E-state index in [1.807, 2.05) is 32.1 Å². The van der Waals surface area contributed by atoms with E-state index in [0.717, 1.165) is 0 Å². The van der Waals surface area contributed by atoms with Crippen molar-refractivity contribution in [2.24, 2.45) is 0 Å². The van der Waals surface area contributed by atoms with Gasteiger partial charge in [-0.2, -0.15) is 0 Å². The molecule has 1 nitrogen and oxygen atoms in total. The Morgan fingerprint density at radius 2 is 2.20 bits per heavy atom. The molecule has 2 heteroatoms. The Hall–Kier alpha value is -0.630. The molecule has 0 saturated heterocycles. The molecule has 0 fully saturated rings. The number of rotatable bonds is 3.